The van der Waals surface area contributed by atoms with Crippen LogP contribution in [-0.4, -0.2) is 61.3 Å². The summed E-state index contributed by atoms with van der Waals surface area (Å²) in [7, 11) is -1.24. The number of rotatable bonds is 7. The predicted molar refractivity (Wildman–Crippen MR) is 96.4 cm³/mol. The van der Waals surface area contributed by atoms with E-state index in [1.807, 2.05) is 18.2 Å². The maximum Gasteiger partial charge on any atom is 0.223 e. The molecular weight excluding hydrogens is 324 g/mol. The molecule has 134 valence electrons. The van der Waals surface area contributed by atoms with E-state index in [0.717, 1.165) is 6.54 Å². The minimum absolute atomic E-state index is 0.0239. The third-order valence-electron chi connectivity index (χ3n) is 4.72. The van der Waals surface area contributed by atoms with Crippen LogP contribution >= 0.6 is 0 Å². The molecule has 1 aliphatic heterocycles. The second-order valence-electron chi connectivity index (χ2n) is 6.86. The van der Waals surface area contributed by atoms with Gasteiger partial charge in [-0.25, -0.2) is 8.42 Å². The average Bonchev–Trinajstić information content (AvgIpc) is 2.91. The van der Waals surface area contributed by atoms with Gasteiger partial charge in [-0.3, -0.25) is 9.69 Å². The molecule has 24 heavy (non-hydrogen) atoms. The normalized spacial score (nSPS) is 19.8. The lowest BCUT2D eigenvalue weighted by atomic mass is 10.1. The van der Waals surface area contributed by atoms with Crippen molar-refractivity contribution in [2.45, 2.75) is 45.3 Å². The number of nitrogens with zero attached hydrogens (tertiary/aromatic N) is 2. The zero-order chi connectivity index (χ0) is 17.7. The second-order valence-corrected chi connectivity index (χ2v) is 9.09. The van der Waals surface area contributed by atoms with Crippen LogP contribution in [0.3, 0.4) is 0 Å². The molecule has 1 saturated heterocycles. The number of benzene rings is 1. The zero-order valence-electron chi connectivity index (χ0n) is 14.8. The monoisotopic (exact) mass is 352 g/mol. The largest absolute Gasteiger partial charge is 0.342 e. The quantitative estimate of drug-likeness (QED) is 0.752. The Kier molecular flexibility index (Phi) is 6.40. The second kappa shape index (κ2) is 8.12. The summed E-state index contributed by atoms with van der Waals surface area (Å²) < 4.78 is 23.2. The van der Waals surface area contributed by atoms with Gasteiger partial charge in [0, 0.05) is 38.6 Å². The van der Waals surface area contributed by atoms with E-state index in [1.54, 1.807) is 11.9 Å². The third kappa shape index (κ3) is 5.31. The van der Waals surface area contributed by atoms with Gasteiger partial charge in [0.2, 0.25) is 5.91 Å². The summed E-state index contributed by atoms with van der Waals surface area (Å²) >= 11 is 0. The first kappa shape index (κ1) is 18.9. The van der Waals surface area contributed by atoms with Crippen molar-refractivity contribution in [1.82, 2.24) is 9.80 Å². The van der Waals surface area contributed by atoms with Gasteiger partial charge in [0.1, 0.15) is 0 Å². The van der Waals surface area contributed by atoms with Crippen LogP contribution in [0.2, 0.25) is 0 Å². The molecule has 0 bridgehead atoms. The van der Waals surface area contributed by atoms with Crippen LogP contribution < -0.4 is 0 Å². The van der Waals surface area contributed by atoms with Crippen molar-refractivity contribution in [1.29, 1.82) is 0 Å². The highest BCUT2D eigenvalue weighted by Crippen LogP contribution is 2.17. The first-order valence-electron chi connectivity index (χ1n) is 8.52. The molecule has 1 aromatic rings. The lowest BCUT2D eigenvalue weighted by molar-refractivity contribution is -0.132. The van der Waals surface area contributed by atoms with Gasteiger partial charge >= 0.3 is 0 Å². The van der Waals surface area contributed by atoms with E-state index in [0.29, 0.717) is 25.4 Å². The minimum Gasteiger partial charge on any atom is -0.342 e. The van der Waals surface area contributed by atoms with E-state index in [4.69, 9.17) is 0 Å². The highest BCUT2D eigenvalue weighted by molar-refractivity contribution is 7.91. The number of carbonyl (C=O) groups excluding carboxylic acids is 1. The molecule has 0 spiro atoms. The lowest BCUT2D eigenvalue weighted by Crippen LogP contribution is -2.40. The number of hydrogen-bond donors (Lipinski definition) is 0. The van der Waals surface area contributed by atoms with Gasteiger partial charge in [0.05, 0.1) is 11.5 Å². The maximum atomic E-state index is 12.4. The highest BCUT2D eigenvalue weighted by atomic mass is 32.2. The average molecular weight is 353 g/mol. The fourth-order valence-electron chi connectivity index (χ4n) is 3.04. The van der Waals surface area contributed by atoms with Crippen molar-refractivity contribution < 1.29 is 13.2 Å². The van der Waals surface area contributed by atoms with Crippen molar-refractivity contribution in [3.05, 3.63) is 35.9 Å². The first-order valence-corrected chi connectivity index (χ1v) is 10.3. The molecule has 0 saturated carbocycles. The standard InChI is InChI=1S/C18H28N2O3S/c1-15(2)20(13-16-7-5-4-6-8-16)11-9-18(21)19(3)17-10-12-24(22,23)14-17/h4-8,15,17H,9-14H2,1-3H3. The molecule has 1 atom stereocenters. The molecule has 1 aliphatic rings. The van der Waals surface area contributed by atoms with Crippen LogP contribution in [0.25, 0.3) is 0 Å². The minimum atomic E-state index is -2.96. The van der Waals surface area contributed by atoms with E-state index in [-0.39, 0.29) is 23.5 Å². The Morgan fingerprint density at radius 1 is 1.25 bits per heavy atom. The fourth-order valence-corrected chi connectivity index (χ4v) is 4.81. The molecule has 2 rings (SSSR count). The van der Waals surface area contributed by atoms with Crippen molar-refractivity contribution in [2.75, 3.05) is 25.1 Å². The summed E-state index contributed by atoms with van der Waals surface area (Å²) in [6, 6.07) is 10.4. The molecule has 5 nitrogen and oxygen atoms in total. The first-order chi connectivity index (χ1) is 11.3. The molecule has 1 unspecified atom stereocenters. The van der Waals surface area contributed by atoms with Crippen molar-refractivity contribution in [3.63, 3.8) is 0 Å². The van der Waals surface area contributed by atoms with E-state index in [1.165, 1.54) is 5.56 Å². The van der Waals surface area contributed by atoms with Gasteiger partial charge in [-0.2, -0.15) is 0 Å². The predicted octanol–water partition coefficient (Wildman–Crippen LogP) is 1.93. The Morgan fingerprint density at radius 3 is 2.46 bits per heavy atom. The van der Waals surface area contributed by atoms with Crippen molar-refractivity contribution >= 4 is 15.7 Å². The Balaban J connectivity index is 1.88. The fraction of sp³-hybridized carbons (Fsp3) is 0.611. The molecule has 1 amide bonds. The molecule has 1 fully saturated rings. The van der Waals surface area contributed by atoms with E-state index >= 15 is 0 Å². The molecule has 1 aromatic carbocycles. The number of hydrogen-bond acceptors (Lipinski definition) is 4. The summed E-state index contributed by atoms with van der Waals surface area (Å²) in [5, 5.41) is 0. The van der Waals surface area contributed by atoms with Gasteiger partial charge in [-0.1, -0.05) is 30.3 Å². The molecule has 6 heteroatoms. The third-order valence-corrected chi connectivity index (χ3v) is 6.47. The number of sulfone groups is 1. The Morgan fingerprint density at radius 2 is 1.92 bits per heavy atom. The van der Waals surface area contributed by atoms with Crippen molar-refractivity contribution in [3.8, 4) is 0 Å². The van der Waals surface area contributed by atoms with Gasteiger partial charge < -0.3 is 4.90 Å². The van der Waals surface area contributed by atoms with Crippen LogP contribution in [0.5, 0.6) is 0 Å². The van der Waals surface area contributed by atoms with Crippen molar-refractivity contribution in [2.24, 2.45) is 0 Å². The van der Waals surface area contributed by atoms with E-state index in [2.05, 4.69) is 30.9 Å². The van der Waals surface area contributed by atoms with Crippen LogP contribution in [0.15, 0.2) is 30.3 Å². The smallest absolute Gasteiger partial charge is 0.223 e. The summed E-state index contributed by atoms with van der Waals surface area (Å²) in [5.74, 6) is 0.324. The van der Waals surface area contributed by atoms with Crippen LogP contribution in [0, 0.1) is 0 Å². The number of amides is 1. The Hall–Kier alpha value is -1.40. The Labute approximate surface area is 145 Å². The maximum absolute atomic E-state index is 12.4. The molecule has 0 aromatic heterocycles. The molecule has 1 heterocycles. The van der Waals surface area contributed by atoms with Gasteiger partial charge in [0.15, 0.2) is 9.84 Å². The van der Waals surface area contributed by atoms with Gasteiger partial charge in [0.25, 0.3) is 0 Å². The molecule has 0 aliphatic carbocycles. The highest BCUT2D eigenvalue weighted by Gasteiger charge is 2.32. The topological polar surface area (TPSA) is 57.7 Å². The van der Waals surface area contributed by atoms with Gasteiger partial charge in [-0.15, -0.1) is 0 Å². The van der Waals surface area contributed by atoms with Crippen LogP contribution in [-0.2, 0) is 21.2 Å². The Bertz CT molecular complexity index is 643. The lowest BCUT2D eigenvalue weighted by Gasteiger charge is -2.28. The summed E-state index contributed by atoms with van der Waals surface area (Å²) in [6.07, 6.45) is 0.973. The summed E-state index contributed by atoms with van der Waals surface area (Å²) in [4.78, 5) is 16.3. The van der Waals surface area contributed by atoms with Crippen LogP contribution in [0.4, 0.5) is 0 Å². The molecular formula is C18H28N2O3S. The van der Waals surface area contributed by atoms with Gasteiger partial charge in [-0.05, 0) is 25.8 Å². The van der Waals surface area contributed by atoms with E-state index in [9.17, 15) is 13.2 Å². The van der Waals surface area contributed by atoms with Crippen LogP contribution in [0.1, 0.15) is 32.3 Å². The number of carbonyl (C=O) groups is 1. The summed E-state index contributed by atoms with van der Waals surface area (Å²) in [6.45, 7) is 5.74. The SMILES string of the molecule is CC(C)N(CCC(=O)N(C)C1CCS(=O)(=O)C1)Cc1ccccc1. The summed E-state index contributed by atoms with van der Waals surface area (Å²) in [5.41, 5.74) is 1.23. The molecule has 0 N–H and O–H groups in total. The van der Waals surface area contributed by atoms with E-state index < -0.39 is 9.84 Å². The zero-order valence-corrected chi connectivity index (χ0v) is 15.6. The molecule has 0 radical (unpaired) electrons.